The van der Waals surface area contributed by atoms with Gasteiger partial charge in [-0.1, -0.05) is 0 Å². The predicted molar refractivity (Wildman–Crippen MR) is 103 cm³/mol. The minimum absolute atomic E-state index is 0.134. The molecule has 0 N–H and O–H groups in total. The number of alkyl halides is 3. The Labute approximate surface area is 170 Å². The third kappa shape index (κ3) is 4.61. The zero-order valence-electron chi connectivity index (χ0n) is 16.1. The van der Waals surface area contributed by atoms with Crippen molar-refractivity contribution in [2.75, 3.05) is 43.1 Å². The number of ether oxygens (including phenoxy) is 1. The standard InChI is InChI=1S/C19H19F3N4O4/c1-30-18(27)15-11-14(4-5-16(15)26(28)29)24-7-2-8-25(10-9-24)17-6-3-13(12-23-17)19(20,21)22/h3-6,11-12H,2,7-10H2,1H3. The number of anilines is 2. The molecule has 0 bridgehead atoms. The number of nitro benzene ring substituents is 1. The van der Waals surface area contributed by atoms with Gasteiger partial charge in [0.25, 0.3) is 5.69 Å². The molecule has 0 amide bonds. The van der Waals surface area contributed by atoms with Crippen molar-refractivity contribution in [3.05, 3.63) is 57.8 Å². The van der Waals surface area contributed by atoms with E-state index in [0.29, 0.717) is 44.1 Å². The first-order valence-corrected chi connectivity index (χ1v) is 9.10. The maximum atomic E-state index is 12.7. The van der Waals surface area contributed by atoms with Gasteiger partial charge in [0, 0.05) is 44.1 Å². The van der Waals surface area contributed by atoms with Crippen LogP contribution < -0.4 is 9.80 Å². The van der Waals surface area contributed by atoms with Gasteiger partial charge >= 0.3 is 12.1 Å². The second-order valence-corrected chi connectivity index (χ2v) is 6.68. The van der Waals surface area contributed by atoms with Crippen molar-refractivity contribution in [3.63, 3.8) is 0 Å². The van der Waals surface area contributed by atoms with E-state index >= 15 is 0 Å². The summed E-state index contributed by atoms with van der Waals surface area (Å²) in [4.78, 5) is 30.2. The Morgan fingerprint density at radius 3 is 2.43 bits per heavy atom. The molecular weight excluding hydrogens is 405 g/mol. The molecule has 0 spiro atoms. The van der Waals surface area contributed by atoms with Gasteiger partial charge in [0.2, 0.25) is 0 Å². The Bertz CT molecular complexity index is 934. The van der Waals surface area contributed by atoms with Crippen LogP contribution in [0, 0.1) is 10.1 Å². The molecule has 11 heteroatoms. The molecule has 3 rings (SSSR count). The first kappa shape index (κ1) is 21.3. The fourth-order valence-electron chi connectivity index (χ4n) is 3.30. The number of carbonyl (C=O) groups is 1. The number of aromatic nitrogens is 1. The van der Waals surface area contributed by atoms with E-state index in [1.807, 2.05) is 9.80 Å². The number of hydrogen-bond acceptors (Lipinski definition) is 7. The average Bonchev–Trinajstić information content (AvgIpc) is 2.98. The lowest BCUT2D eigenvalue weighted by Gasteiger charge is -2.24. The number of hydrogen-bond donors (Lipinski definition) is 0. The van der Waals surface area contributed by atoms with Crippen molar-refractivity contribution >= 4 is 23.2 Å². The summed E-state index contributed by atoms with van der Waals surface area (Å²) in [5.74, 6) is -0.349. The molecule has 0 saturated carbocycles. The summed E-state index contributed by atoms with van der Waals surface area (Å²) in [5.41, 5.74) is -0.645. The third-order valence-electron chi connectivity index (χ3n) is 4.84. The smallest absolute Gasteiger partial charge is 0.417 e. The van der Waals surface area contributed by atoms with Crippen molar-refractivity contribution in [3.8, 4) is 0 Å². The van der Waals surface area contributed by atoms with Gasteiger partial charge in [-0.15, -0.1) is 0 Å². The summed E-state index contributed by atoms with van der Waals surface area (Å²) < 4.78 is 42.8. The molecule has 1 aliphatic rings. The second-order valence-electron chi connectivity index (χ2n) is 6.68. The van der Waals surface area contributed by atoms with E-state index in [-0.39, 0.29) is 11.3 Å². The fourth-order valence-corrected chi connectivity index (χ4v) is 3.30. The van der Waals surface area contributed by atoms with Crippen LogP contribution in [0.25, 0.3) is 0 Å². The number of carbonyl (C=O) groups excluding carboxylic acids is 1. The molecule has 1 fully saturated rings. The molecular formula is C19H19F3N4O4. The summed E-state index contributed by atoms with van der Waals surface area (Å²) >= 11 is 0. The molecule has 1 saturated heterocycles. The third-order valence-corrected chi connectivity index (χ3v) is 4.84. The van der Waals surface area contributed by atoms with Gasteiger partial charge < -0.3 is 14.5 Å². The van der Waals surface area contributed by atoms with E-state index in [0.717, 1.165) is 19.4 Å². The quantitative estimate of drug-likeness (QED) is 0.422. The van der Waals surface area contributed by atoms with E-state index in [1.165, 1.54) is 18.2 Å². The van der Waals surface area contributed by atoms with Crippen molar-refractivity contribution in [1.82, 2.24) is 4.98 Å². The summed E-state index contributed by atoms with van der Waals surface area (Å²) in [7, 11) is 1.15. The van der Waals surface area contributed by atoms with Crippen LogP contribution in [0.3, 0.4) is 0 Å². The number of esters is 1. The van der Waals surface area contributed by atoms with Gasteiger partial charge in [0.15, 0.2) is 0 Å². The molecule has 1 aliphatic heterocycles. The zero-order chi connectivity index (χ0) is 21.9. The summed E-state index contributed by atoms with van der Waals surface area (Å²) in [6.07, 6.45) is -2.93. The molecule has 0 atom stereocenters. The van der Waals surface area contributed by atoms with Gasteiger partial charge in [-0.05, 0) is 30.7 Å². The highest BCUT2D eigenvalue weighted by atomic mass is 19.4. The number of nitro groups is 1. The second kappa shape index (κ2) is 8.56. The number of nitrogens with zero attached hydrogens (tertiary/aromatic N) is 4. The van der Waals surface area contributed by atoms with E-state index in [9.17, 15) is 28.1 Å². The highest BCUT2D eigenvalue weighted by molar-refractivity contribution is 5.95. The zero-order valence-corrected chi connectivity index (χ0v) is 16.1. The molecule has 1 aromatic carbocycles. The maximum absolute atomic E-state index is 12.7. The Morgan fingerprint density at radius 1 is 1.13 bits per heavy atom. The molecule has 8 nitrogen and oxygen atoms in total. The van der Waals surface area contributed by atoms with Gasteiger partial charge in [-0.3, -0.25) is 10.1 Å². The van der Waals surface area contributed by atoms with Gasteiger partial charge in [-0.2, -0.15) is 13.2 Å². The van der Waals surface area contributed by atoms with Crippen molar-refractivity contribution < 1.29 is 27.6 Å². The Morgan fingerprint density at radius 2 is 1.83 bits per heavy atom. The molecule has 0 aliphatic carbocycles. The molecule has 160 valence electrons. The minimum Gasteiger partial charge on any atom is -0.465 e. The predicted octanol–water partition coefficient (Wildman–Crippen LogP) is 3.51. The lowest BCUT2D eigenvalue weighted by molar-refractivity contribution is -0.385. The molecule has 30 heavy (non-hydrogen) atoms. The van der Waals surface area contributed by atoms with Gasteiger partial charge in [0.05, 0.1) is 17.6 Å². The average molecular weight is 424 g/mol. The molecule has 0 unspecified atom stereocenters. The lowest BCUT2D eigenvalue weighted by atomic mass is 10.1. The highest BCUT2D eigenvalue weighted by Gasteiger charge is 2.31. The van der Waals surface area contributed by atoms with E-state index in [4.69, 9.17) is 0 Å². The maximum Gasteiger partial charge on any atom is 0.417 e. The molecule has 2 aromatic rings. The van der Waals surface area contributed by atoms with Crippen molar-refractivity contribution in [2.45, 2.75) is 12.6 Å². The SMILES string of the molecule is COC(=O)c1cc(N2CCCN(c3ccc(C(F)(F)F)cn3)CC2)ccc1[N+](=O)[O-]. The monoisotopic (exact) mass is 424 g/mol. The Balaban J connectivity index is 1.76. The van der Waals surface area contributed by atoms with Crippen LogP contribution in [-0.4, -0.2) is 49.2 Å². The number of pyridine rings is 1. The van der Waals surface area contributed by atoms with Crippen LogP contribution in [0.2, 0.25) is 0 Å². The van der Waals surface area contributed by atoms with Crippen LogP contribution in [0.5, 0.6) is 0 Å². The Hall–Kier alpha value is -3.37. The number of rotatable bonds is 4. The summed E-state index contributed by atoms with van der Waals surface area (Å²) in [6.45, 7) is 2.19. The van der Waals surface area contributed by atoms with Crippen molar-refractivity contribution in [2.24, 2.45) is 0 Å². The number of methoxy groups -OCH3 is 1. The van der Waals surface area contributed by atoms with E-state index in [1.54, 1.807) is 6.07 Å². The molecule has 1 aromatic heterocycles. The van der Waals surface area contributed by atoms with Crippen molar-refractivity contribution in [1.29, 1.82) is 0 Å². The first-order valence-electron chi connectivity index (χ1n) is 9.10. The lowest BCUT2D eigenvalue weighted by Crippen LogP contribution is -2.31. The number of halogens is 3. The summed E-state index contributed by atoms with van der Waals surface area (Å²) in [5, 5.41) is 11.2. The largest absolute Gasteiger partial charge is 0.465 e. The van der Waals surface area contributed by atoms with E-state index < -0.39 is 22.6 Å². The number of benzene rings is 1. The van der Waals surface area contributed by atoms with E-state index in [2.05, 4.69) is 9.72 Å². The normalized spacial score (nSPS) is 14.9. The van der Waals surface area contributed by atoms with Gasteiger partial charge in [0.1, 0.15) is 11.4 Å². The van der Waals surface area contributed by atoms with Crippen LogP contribution in [-0.2, 0) is 10.9 Å². The van der Waals surface area contributed by atoms with Crippen LogP contribution in [0.15, 0.2) is 36.5 Å². The topological polar surface area (TPSA) is 88.8 Å². The first-order chi connectivity index (χ1) is 14.2. The summed E-state index contributed by atoms with van der Waals surface area (Å²) in [6, 6.07) is 6.61. The Kier molecular flexibility index (Phi) is 6.09. The highest BCUT2D eigenvalue weighted by Crippen LogP contribution is 2.30. The van der Waals surface area contributed by atoms with Crippen LogP contribution in [0.1, 0.15) is 22.3 Å². The van der Waals surface area contributed by atoms with Crippen LogP contribution in [0.4, 0.5) is 30.4 Å². The van der Waals surface area contributed by atoms with Gasteiger partial charge in [-0.25, -0.2) is 9.78 Å². The minimum atomic E-state index is -4.44. The molecule has 2 heterocycles. The molecule has 0 radical (unpaired) electrons. The van der Waals surface area contributed by atoms with Crippen LogP contribution >= 0.6 is 0 Å². The fraction of sp³-hybridized carbons (Fsp3) is 0.368.